The maximum absolute atomic E-state index is 13.1. The summed E-state index contributed by atoms with van der Waals surface area (Å²) in [7, 11) is 0. The number of pyridine rings is 1. The summed E-state index contributed by atoms with van der Waals surface area (Å²) in [5, 5.41) is 4.02. The third-order valence-corrected chi connectivity index (χ3v) is 6.49. The van der Waals surface area contributed by atoms with Crippen molar-refractivity contribution in [3.8, 4) is 16.9 Å². The predicted molar refractivity (Wildman–Crippen MR) is 143 cm³/mol. The van der Waals surface area contributed by atoms with Crippen LogP contribution in [0.25, 0.3) is 22.0 Å². The number of ether oxygens (including phenoxy) is 1. The van der Waals surface area contributed by atoms with Crippen molar-refractivity contribution >= 4 is 22.8 Å². The molecule has 2 heterocycles. The SMILES string of the molecule is Cc1cccc(C)c1-c1ccnc2cc(OC(C)C(=O)N3CCN(C(=O)NC(C)(C)C)CC3)ccc12. The van der Waals surface area contributed by atoms with Crippen molar-refractivity contribution in [3.63, 3.8) is 0 Å². The van der Waals surface area contributed by atoms with Gasteiger partial charge in [0.1, 0.15) is 5.75 Å². The average molecular weight is 489 g/mol. The smallest absolute Gasteiger partial charge is 0.317 e. The Morgan fingerprint density at radius 3 is 2.25 bits per heavy atom. The van der Waals surface area contributed by atoms with Crippen LogP contribution in [0.5, 0.6) is 5.75 Å². The van der Waals surface area contributed by atoms with Gasteiger partial charge in [-0.1, -0.05) is 18.2 Å². The third-order valence-electron chi connectivity index (χ3n) is 6.49. The van der Waals surface area contributed by atoms with E-state index in [1.54, 1.807) is 16.7 Å². The fraction of sp³-hybridized carbons (Fsp3) is 0.414. The van der Waals surface area contributed by atoms with Crippen molar-refractivity contribution in [2.24, 2.45) is 0 Å². The zero-order chi connectivity index (χ0) is 26.0. The zero-order valence-corrected chi connectivity index (χ0v) is 22.1. The molecule has 2 aromatic carbocycles. The largest absolute Gasteiger partial charge is 0.481 e. The maximum atomic E-state index is 13.1. The molecule has 36 heavy (non-hydrogen) atoms. The fourth-order valence-corrected chi connectivity index (χ4v) is 4.70. The van der Waals surface area contributed by atoms with E-state index in [1.807, 2.05) is 51.2 Å². The number of rotatable bonds is 4. The Labute approximate surface area is 213 Å². The number of carbonyl (C=O) groups is 2. The van der Waals surface area contributed by atoms with Gasteiger partial charge in [0.15, 0.2) is 6.10 Å². The topological polar surface area (TPSA) is 74.8 Å². The Morgan fingerprint density at radius 1 is 0.972 bits per heavy atom. The molecule has 0 radical (unpaired) electrons. The molecule has 1 aliphatic rings. The highest BCUT2D eigenvalue weighted by Gasteiger charge is 2.29. The highest BCUT2D eigenvalue weighted by molar-refractivity contribution is 5.96. The molecule has 0 spiro atoms. The Morgan fingerprint density at radius 2 is 1.61 bits per heavy atom. The highest BCUT2D eigenvalue weighted by atomic mass is 16.5. The van der Waals surface area contributed by atoms with Crippen LogP contribution in [0.4, 0.5) is 4.79 Å². The Bertz CT molecular complexity index is 1250. The molecule has 3 aromatic rings. The number of urea groups is 1. The predicted octanol–water partition coefficient (Wildman–Crippen LogP) is 4.94. The van der Waals surface area contributed by atoms with Gasteiger partial charge in [0.25, 0.3) is 5.91 Å². The van der Waals surface area contributed by atoms with Gasteiger partial charge >= 0.3 is 6.03 Å². The number of nitrogens with zero attached hydrogens (tertiary/aromatic N) is 3. The molecule has 3 amide bonds. The van der Waals surface area contributed by atoms with Gasteiger partial charge < -0.3 is 19.9 Å². The lowest BCUT2D eigenvalue weighted by Crippen LogP contribution is -2.57. The molecule has 0 saturated carbocycles. The average Bonchev–Trinajstić information content (AvgIpc) is 2.82. The summed E-state index contributed by atoms with van der Waals surface area (Å²) in [6, 6.07) is 14.1. The first-order chi connectivity index (χ1) is 17.0. The Kier molecular flexibility index (Phi) is 7.20. The van der Waals surface area contributed by atoms with Crippen molar-refractivity contribution in [3.05, 3.63) is 59.8 Å². The first kappa shape index (κ1) is 25.5. The molecule has 7 nitrogen and oxygen atoms in total. The molecular weight excluding hydrogens is 452 g/mol. The second-order valence-electron chi connectivity index (χ2n) is 10.6. The minimum Gasteiger partial charge on any atom is -0.481 e. The lowest BCUT2D eigenvalue weighted by atomic mass is 9.93. The van der Waals surface area contributed by atoms with Gasteiger partial charge in [0, 0.05) is 49.4 Å². The normalized spacial score (nSPS) is 15.1. The van der Waals surface area contributed by atoms with Gasteiger partial charge in [-0.25, -0.2) is 4.79 Å². The molecule has 1 unspecified atom stereocenters. The number of piperazine rings is 1. The molecule has 1 aliphatic heterocycles. The van der Waals surface area contributed by atoms with Crippen LogP contribution < -0.4 is 10.1 Å². The summed E-state index contributed by atoms with van der Waals surface area (Å²) < 4.78 is 6.05. The fourth-order valence-electron chi connectivity index (χ4n) is 4.70. The van der Waals surface area contributed by atoms with Crippen molar-refractivity contribution in [2.45, 2.75) is 53.2 Å². The molecule has 1 aromatic heterocycles. The number of carbonyl (C=O) groups excluding carboxylic acids is 2. The van der Waals surface area contributed by atoms with E-state index in [2.05, 4.69) is 42.3 Å². The molecule has 7 heteroatoms. The third kappa shape index (κ3) is 5.61. The highest BCUT2D eigenvalue weighted by Crippen LogP contribution is 2.33. The van der Waals surface area contributed by atoms with Gasteiger partial charge in [0.05, 0.1) is 5.52 Å². The van der Waals surface area contributed by atoms with E-state index in [0.29, 0.717) is 31.9 Å². The van der Waals surface area contributed by atoms with Crippen LogP contribution in [0.2, 0.25) is 0 Å². The van der Waals surface area contributed by atoms with Gasteiger partial charge in [0.2, 0.25) is 0 Å². The molecule has 1 saturated heterocycles. The first-order valence-corrected chi connectivity index (χ1v) is 12.5. The lowest BCUT2D eigenvalue weighted by Gasteiger charge is -2.37. The van der Waals surface area contributed by atoms with Crippen LogP contribution in [-0.2, 0) is 4.79 Å². The van der Waals surface area contributed by atoms with E-state index in [1.165, 1.54) is 16.7 Å². The summed E-state index contributed by atoms with van der Waals surface area (Å²) in [5.41, 5.74) is 5.33. The maximum Gasteiger partial charge on any atom is 0.317 e. The lowest BCUT2D eigenvalue weighted by molar-refractivity contribution is -0.139. The number of fused-ring (bicyclic) bond motifs is 1. The van der Waals surface area contributed by atoms with Crippen LogP contribution in [-0.4, -0.2) is 64.5 Å². The minimum absolute atomic E-state index is 0.0804. The van der Waals surface area contributed by atoms with E-state index in [4.69, 9.17) is 4.74 Å². The van der Waals surface area contributed by atoms with Crippen LogP contribution in [0, 0.1) is 13.8 Å². The van der Waals surface area contributed by atoms with E-state index in [-0.39, 0.29) is 17.5 Å². The number of amides is 3. The van der Waals surface area contributed by atoms with E-state index in [9.17, 15) is 9.59 Å². The van der Waals surface area contributed by atoms with E-state index in [0.717, 1.165) is 16.5 Å². The summed E-state index contributed by atoms with van der Waals surface area (Å²) in [4.78, 5) is 33.5. The Hall–Kier alpha value is -3.61. The second-order valence-corrected chi connectivity index (χ2v) is 10.6. The summed E-state index contributed by atoms with van der Waals surface area (Å²) >= 11 is 0. The van der Waals surface area contributed by atoms with Gasteiger partial charge in [-0.3, -0.25) is 9.78 Å². The van der Waals surface area contributed by atoms with Crippen molar-refractivity contribution in [2.75, 3.05) is 26.2 Å². The molecule has 0 aliphatic carbocycles. The van der Waals surface area contributed by atoms with Gasteiger partial charge in [-0.05, 0) is 82.0 Å². The second kappa shape index (κ2) is 10.2. The summed E-state index contributed by atoms with van der Waals surface area (Å²) in [5.74, 6) is 0.529. The monoisotopic (exact) mass is 488 g/mol. The molecule has 0 bridgehead atoms. The number of nitrogens with one attached hydrogen (secondary N) is 1. The van der Waals surface area contributed by atoms with Crippen LogP contribution >= 0.6 is 0 Å². The van der Waals surface area contributed by atoms with E-state index >= 15 is 0 Å². The number of hydrogen-bond donors (Lipinski definition) is 1. The molecule has 1 atom stereocenters. The Balaban J connectivity index is 1.43. The molecule has 190 valence electrons. The van der Waals surface area contributed by atoms with Crippen molar-refractivity contribution in [1.29, 1.82) is 0 Å². The van der Waals surface area contributed by atoms with Crippen molar-refractivity contribution < 1.29 is 14.3 Å². The van der Waals surface area contributed by atoms with Crippen LogP contribution in [0.15, 0.2) is 48.7 Å². The van der Waals surface area contributed by atoms with Gasteiger partial charge in [-0.15, -0.1) is 0 Å². The van der Waals surface area contributed by atoms with E-state index < -0.39 is 6.10 Å². The molecule has 4 rings (SSSR count). The molecule has 1 N–H and O–H groups in total. The first-order valence-electron chi connectivity index (χ1n) is 12.5. The standard InChI is InChI=1S/C29H36N4O3/c1-19-8-7-9-20(2)26(19)24-12-13-30-25-18-22(10-11-23(24)25)36-21(3)27(34)32-14-16-33(17-15-32)28(35)31-29(4,5)6/h7-13,18,21H,14-17H2,1-6H3,(H,31,35). The quantitative estimate of drug-likeness (QED) is 0.565. The number of hydrogen-bond acceptors (Lipinski definition) is 4. The molecule has 1 fully saturated rings. The summed E-state index contributed by atoms with van der Waals surface area (Å²) in [6.45, 7) is 13.9. The van der Waals surface area contributed by atoms with Crippen LogP contribution in [0.3, 0.4) is 0 Å². The number of aromatic nitrogens is 1. The number of benzene rings is 2. The van der Waals surface area contributed by atoms with Crippen LogP contribution in [0.1, 0.15) is 38.8 Å². The van der Waals surface area contributed by atoms with Gasteiger partial charge in [-0.2, -0.15) is 0 Å². The minimum atomic E-state index is -0.640. The number of aryl methyl sites for hydroxylation is 2. The molecular formula is C29H36N4O3. The summed E-state index contributed by atoms with van der Waals surface area (Å²) in [6.07, 6.45) is 1.18. The zero-order valence-electron chi connectivity index (χ0n) is 22.1. The van der Waals surface area contributed by atoms with Crippen molar-refractivity contribution in [1.82, 2.24) is 20.1 Å².